The Hall–Kier alpha value is -0.820. The number of nitrogens with one attached hydrogen (secondary N) is 1. The summed E-state index contributed by atoms with van der Waals surface area (Å²) in [6.45, 7) is 7.28. The van der Waals surface area contributed by atoms with Gasteiger partial charge in [-0.1, -0.05) is 6.92 Å². The van der Waals surface area contributed by atoms with E-state index >= 15 is 0 Å². The van der Waals surface area contributed by atoms with Crippen molar-refractivity contribution < 1.29 is 13.2 Å². The van der Waals surface area contributed by atoms with E-state index in [0.717, 1.165) is 43.7 Å². The molecule has 24 heavy (non-hydrogen) atoms. The van der Waals surface area contributed by atoms with E-state index in [0.29, 0.717) is 23.9 Å². The van der Waals surface area contributed by atoms with Crippen LogP contribution in [0.2, 0.25) is 0 Å². The molecule has 0 aromatic heterocycles. The first-order chi connectivity index (χ1) is 11.0. The van der Waals surface area contributed by atoms with Crippen molar-refractivity contribution in [3.63, 3.8) is 0 Å². The molecule has 0 bridgehead atoms. The van der Waals surface area contributed by atoms with Crippen molar-refractivity contribution in [3.8, 4) is 5.75 Å². The molecule has 1 aromatic carbocycles. The molecule has 7 heteroatoms. The van der Waals surface area contributed by atoms with Crippen LogP contribution in [0.4, 0.5) is 0 Å². The molecule has 136 valence electrons. The summed E-state index contributed by atoms with van der Waals surface area (Å²) in [4.78, 5) is 0.402. The predicted octanol–water partition coefficient (Wildman–Crippen LogP) is 2.44. The third kappa shape index (κ3) is 4.04. The van der Waals surface area contributed by atoms with Gasteiger partial charge in [0.15, 0.2) is 0 Å². The van der Waals surface area contributed by atoms with Gasteiger partial charge in [-0.05, 0) is 62.5 Å². The smallest absolute Gasteiger partial charge is 0.243 e. The molecule has 0 aliphatic carbocycles. The maximum atomic E-state index is 12.9. The largest absolute Gasteiger partial charge is 0.490 e. The van der Waals surface area contributed by atoms with Crippen molar-refractivity contribution >= 4 is 22.4 Å². The summed E-state index contributed by atoms with van der Waals surface area (Å²) in [5, 5.41) is 3.35. The molecule has 0 spiro atoms. The SMILES string of the molecule is CCNCC1CCN(S(=O)(=O)c2ccc3c(c2)CC(C)O3)CC1.Cl. The normalized spacial score (nSPS) is 21.8. The monoisotopic (exact) mass is 374 g/mol. The highest BCUT2D eigenvalue weighted by Gasteiger charge is 2.30. The molecule has 0 radical (unpaired) electrons. The number of fused-ring (bicyclic) bond motifs is 1. The summed E-state index contributed by atoms with van der Waals surface area (Å²) in [7, 11) is -3.39. The Balaban J connectivity index is 0.00000208. The molecule has 2 aliphatic rings. The van der Waals surface area contributed by atoms with Crippen LogP contribution in [0.3, 0.4) is 0 Å². The fourth-order valence-corrected chi connectivity index (χ4v) is 4.93. The zero-order valence-electron chi connectivity index (χ0n) is 14.3. The average Bonchev–Trinajstić information content (AvgIpc) is 2.92. The fourth-order valence-electron chi connectivity index (χ4n) is 3.41. The number of rotatable bonds is 5. The number of halogens is 1. The van der Waals surface area contributed by atoms with E-state index < -0.39 is 10.0 Å². The zero-order chi connectivity index (χ0) is 16.4. The molecule has 0 amide bonds. The van der Waals surface area contributed by atoms with Crippen molar-refractivity contribution in [2.45, 2.75) is 44.1 Å². The van der Waals surface area contributed by atoms with E-state index in [2.05, 4.69) is 12.2 Å². The summed E-state index contributed by atoms with van der Waals surface area (Å²) in [5.41, 5.74) is 1.00. The number of hydrogen-bond acceptors (Lipinski definition) is 4. The minimum absolute atomic E-state index is 0. The van der Waals surface area contributed by atoms with Crippen LogP contribution in [-0.4, -0.2) is 45.0 Å². The second-order valence-corrected chi connectivity index (χ2v) is 8.50. The first-order valence-electron chi connectivity index (χ1n) is 8.51. The number of piperidine rings is 1. The summed E-state index contributed by atoms with van der Waals surface area (Å²) in [6, 6.07) is 5.26. The van der Waals surface area contributed by atoms with Gasteiger partial charge in [0.1, 0.15) is 11.9 Å². The van der Waals surface area contributed by atoms with Crippen LogP contribution in [-0.2, 0) is 16.4 Å². The molecule has 1 unspecified atom stereocenters. The molecule has 2 aliphatic heterocycles. The van der Waals surface area contributed by atoms with E-state index in [1.165, 1.54) is 0 Å². The molecule has 2 heterocycles. The molecular weight excluding hydrogens is 348 g/mol. The van der Waals surface area contributed by atoms with E-state index in [9.17, 15) is 8.42 Å². The van der Waals surface area contributed by atoms with Gasteiger partial charge in [0, 0.05) is 19.5 Å². The highest BCUT2D eigenvalue weighted by atomic mass is 35.5. The maximum Gasteiger partial charge on any atom is 0.243 e. The van der Waals surface area contributed by atoms with Gasteiger partial charge in [-0.25, -0.2) is 8.42 Å². The Morgan fingerprint density at radius 2 is 2.00 bits per heavy atom. The topological polar surface area (TPSA) is 58.6 Å². The van der Waals surface area contributed by atoms with Crippen LogP contribution in [0.15, 0.2) is 23.1 Å². The number of hydrogen-bond donors (Lipinski definition) is 1. The second-order valence-electron chi connectivity index (χ2n) is 6.56. The van der Waals surface area contributed by atoms with Crippen LogP contribution in [0.5, 0.6) is 5.75 Å². The van der Waals surface area contributed by atoms with Gasteiger partial charge in [0.05, 0.1) is 4.90 Å². The predicted molar refractivity (Wildman–Crippen MR) is 97.5 cm³/mol. The quantitative estimate of drug-likeness (QED) is 0.860. The molecule has 0 saturated carbocycles. The standard InChI is InChI=1S/C17H26N2O3S.ClH/c1-3-18-12-14-6-8-19(9-7-14)23(20,21)16-4-5-17-15(11-16)10-13(2)22-17;/h4-5,11,13-14,18H,3,6-10,12H2,1-2H3;1H. The minimum atomic E-state index is -3.39. The second kappa shape index (κ2) is 8.04. The third-order valence-electron chi connectivity index (χ3n) is 4.76. The Kier molecular flexibility index (Phi) is 6.53. The zero-order valence-corrected chi connectivity index (χ0v) is 16.0. The Labute approximate surface area is 151 Å². The van der Waals surface area contributed by atoms with Crippen LogP contribution < -0.4 is 10.1 Å². The van der Waals surface area contributed by atoms with Gasteiger partial charge >= 0.3 is 0 Å². The molecule has 1 aromatic rings. The Morgan fingerprint density at radius 3 is 2.67 bits per heavy atom. The number of ether oxygens (including phenoxy) is 1. The molecule has 5 nitrogen and oxygen atoms in total. The van der Waals surface area contributed by atoms with E-state index in [4.69, 9.17) is 4.74 Å². The number of nitrogens with zero attached hydrogens (tertiary/aromatic N) is 1. The molecule has 3 rings (SSSR count). The summed E-state index contributed by atoms with van der Waals surface area (Å²) >= 11 is 0. The Morgan fingerprint density at radius 1 is 1.29 bits per heavy atom. The van der Waals surface area contributed by atoms with Gasteiger partial charge in [0.2, 0.25) is 10.0 Å². The summed E-state index contributed by atoms with van der Waals surface area (Å²) in [6.07, 6.45) is 2.77. The van der Waals surface area contributed by atoms with Gasteiger partial charge < -0.3 is 10.1 Å². The lowest BCUT2D eigenvalue weighted by atomic mass is 9.98. The average molecular weight is 375 g/mol. The van der Waals surface area contributed by atoms with Crippen LogP contribution in [0, 0.1) is 5.92 Å². The highest BCUT2D eigenvalue weighted by Crippen LogP contribution is 2.32. The molecule has 1 atom stereocenters. The molecule has 1 N–H and O–H groups in total. The molecule has 1 saturated heterocycles. The van der Waals surface area contributed by atoms with Gasteiger partial charge in [-0.2, -0.15) is 4.31 Å². The van der Waals surface area contributed by atoms with Crippen molar-refractivity contribution in [2.75, 3.05) is 26.2 Å². The lowest BCUT2D eigenvalue weighted by molar-refractivity contribution is 0.254. The van der Waals surface area contributed by atoms with Crippen LogP contribution in [0.25, 0.3) is 0 Å². The number of sulfonamides is 1. The third-order valence-corrected chi connectivity index (χ3v) is 6.66. The van der Waals surface area contributed by atoms with Crippen LogP contribution >= 0.6 is 12.4 Å². The highest BCUT2D eigenvalue weighted by molar-refractivity contribution is 7.89. The minimum Gasteiger partial charge on any atom is -0.490 e. The van der Waals surface area contributed by atoms with Crippen molar-refractivity contribution in [2.24, 2.45) is 5.92 Å². The van der Waals surface area contributed by atoms with Crippen molar-refractivity contribution in [3.05, 3.63) is 23.8 Å². The van der Waals surface area contributed by atoms with E-state index in [1.54, 1.807) is 22.5 Å². The van der Waals surface area contributed by atoms with Crippen molar-refractivity contribution in [1.82, 2.24) is 9.62 Å². The van der Waals surface area contributed by atoms with E-state index in [-0.39, 0.29) is 18.5 Å². The lowest BCUT2D eigenvalue weighted by Crippen LogP contribution is -2.40. The van der Waals surface area contributed by atoms with Gasteiger partial charge in [0.25, 0.3) is 0 Å². The lowest BCUT2D eigenvalue weighted by Gasteiger charge is -2.31. The molecule has 1 fully saturated rings. The number of benzene rings is 1. The fraction of sp³-hybridized carbons (Fsp3) is 0.647. The van der Waals surface area contributed by atoms with Crippen LogP contribution in [0.1, 0.15) is 32.3 Å². The Bertz CT molecular complexity index is 658. The first-order valence-corrected chi connectivity index (χ1v) is 9.95. The first kappa shape index (κ1) is 19.5. The summed E-state index contributed by atoms with van der Waals surface area (Å²) in [5.74, 6) is 1.40. The van der Waals surface area contributed by atoms with Gasteiger partial charge in [-0.3, -0.25) is 0 Å². The summed E-state index contributed by atoms with van der Waals surface area (Å²) < 4.78 is 33.0. The van der Waals surface area contributed by atoms with Crippen molar-refractivity contribution in [1.29, 1.82) is 0 Å². The molecular formula is C17H27ClN2O3S. The van der Waals surface area contributed by atoms with Gasteiger partial charge in [-0.15, -0.1) is 12.4 Å². The van der Waals surface area contributed by atoms with E-state index in [1.807, 2.05) is 6.92 Å². The maximum absolute atomic E-state index is 12.9.